The minimum absolute atomic E-state index is 0.102. The highest BCUT2D eigenvalue weighted by atomic mass is 16.6. The van der Waals surface area contributed by atoms with Crippen LogP contribution in [0.2, 0.25) is 0 Å². The Morgan fingerprint density at radius 2 is 1.64 bits per heavy atom. The summed E-state index contributed by atoms with van der Waals surface area (Å²) in [5, 5.41) is 32.7. The van der Waals surface area contributed by atoms with Gasteiger partial charge in [-0.25, -0.2) is 0 Å². The van der Waals surface area contributed by atoms with Crippen LogP contribution in [0, 0.1) is 20.2 Å². The molecule has 0 saturated heterocycles. The Labute approximate surface area is 251 Å². The van der Waals surface area contributed by atoms with E-state index in [4.69, 9.17) is 9.47 Å². The van der Waals surface area contributed by atoms with Gasteiger partial charge in [-0.1, -0.05) is 12.1 Å². The summed E-state index contributed by atoms with van der Waals surface area (Å²) in [6.45, 7) is 3.44. The number of hydrogen-bond donors (Lipinski definition) is 1. The predicted molar refractivity (Wildman–Crippen MR) is 156 cm³/mol. The van der Waals surface area contributed by atoms with Crippen molar-refractivity contribution in [2.45, 2.75) is 50.9 Å². The molecular weight excluding hydrogens is 574 g/mol. The van der Waals surface area contributed by atoms with E-state index in [1.54, 1.807) is 23.1 Å². The Balaban J connectivity index is 1.70. The molecule has 2 aromatic rings. The van der Waals surface area contributed by atoms with Crippen LogP contribution in [0.3, 0.4) is 0 Å². The first-order valence-corrected chi connectivity index (χ1v) is 14.0. The summed E-state index contributed by atoms with van der Waals surface area (Å²) in [6, 6.07) is 6.37. The van der Waals surface area contributed by atoms with Crippen molar-refractivity contribution >= 4 is 28.9 Å². The van der Waals surface area contributed by atoms with E-state index < -0.39 is 33.1 Å². The number of nitro benzene ring substituents is 2. The van der Waals surface area contributed by atoms with Gasteiger partial charge in [0.1, 0.15) is 6.54 Å². The number of carbonyl (C=O) groups is 3. The number of carboxylic acids is 1. The standard InChI is InChI=1S/C31H29N3O10/c1-3-6-17-13-18(14-26(43-2)31(17)44-25-12-11-19(33(39)40)15-22(25)34(41)42)28-29-20(7-4-9-23(29)35)32(16-27(37)38)21-8-5-10-24(36)30(21)28/h3,11-15,28H,1,4-10,16H2,2H3,(H,37,38). The maximum Gasteiger partial charge on any atom is 0.323 e. The van der Waals surface area contributed by atoms with Crippen molar-refractivity contribution < 1.29 is 38.8 Å². The van der Waals surface area contributed by atoms with Gasteiger partial charge in [-0.15, -0.1) is 6.58 Å². The molecule has 3 aliphatic rings. The Kier molecular flexibility index (Phi) is 8.30. The number of methoxy groups -OCH3 is 1. The van der Waals surface area contributed by atoms with Crippen molar-refractivity contribution in [1.29, 1.82) is 0 Å². The highest BCUT2D eigenvalue weighted by molar-refractivity contribution is 6.06. The first-order valence-electron chi connectivity index (χ1n) is 14.0. The molecule has 0 spiro atoms. The molecule has 0 saturated carbocycles. The van der Waals surface area contributed by atoms with E-state index in [9.17, 15) is 39.7 Å². The molecule has 228 valence electrons. The third-order valence-corrected chi connectivity index (χ3v) is 8.01. The fourth-order valence-corrected chi connectivity index (χ4v) is 6.26. The fourth-order valence-electron chi connectivity index (χ4n) is 6.26. The van der Waals surface area contributed by atoms with Crippen molar-refractivity contribution in [3.63, 3.8) is 0 Å². The minimum Gasteiger partial charge on any atom is -0.493 e. The fraction of sp³-hybridized carbons (Fsp3) is 0.323. The number of ketones is 2. The first-order chi connectivity index (χ1) is 21.0. The smallest absolute Gasteiger partial charge is 0.323 e. The van der Waals surface area contributed by atoms with Gasteiger partial charge in [0.2, 0.25) is 5.75 Å². The Hall–Kier alpha value is -5.33. The number of nitro groups is 2. The molecule has 0 fully saturated rings. The van der Waals surface area contributed by atoms with E-state index in [0.29, 0.717) is 59.4 Å². The number of ether oxygens (including phenoxy) is 2. The van der Waals surface area contributed by atoms with E-state index >= 15 is 0 Å². The second-order valence-corrected chi connectivity index (χ2v) is 10.7. The average molecular weight is 604 g/mol. The van der Waals surface area contributed by atoms with Gasteiger partial charge in [0.25, 0.3) is 5.69 Å². The van der Waals surface area contributed by atoms with Gasteiger partial charge in [0, 0.05) is 52.9 Å². The van der Waals surface area contributed by atoms with Crippen LogP contribution in [0.15, 0.2) is 65.5 Å². The number of Topliss-reactive ketones (excluding diaryl/α,β-unsaturated/α-hetero) is 2. The van der Waals surface area contributed by atoms with Crippen LogP contribution < -0.4 is 9.47 Å². The third kappa shape index (κ3) is 5.43. The molecule has 0 bridgehead atoms. The topological polar surface area (TPSA) is 179 Å². The molecule has 13 nitrogen and oxygen atoms in total. The van der Waals surface area contributed by atoms with Gasteiger partial charge in [0.05, 0.1) is 23.0 Å². The van der Waals surface area contributed by atoms with Gasteiger partial charge >= 0.3 is 11.7 Å². The quantitative estimate of drug-likeness (QED) is 0.205. The van der Waals surface area contributed by atoms with Crippen LogP contribution >= 0.6 is 0 Å². The number of hydrogen-bond acceptors (Lipinski definition) is 10. The van der Waals surface area contributed by atoms with Gasteiger partial charge in [-0.05, 0) is 49.8 Å². The van der Waals surface area contributed by atoms with Crippen LogP contribution in [-0.4, -0.2) is 51.0 Å². The van der Waals surface area contributed by atoms with Gasteiger partial charge in [0.15, 0.2) is 23.1 Å². The van der Waals surface area contributed by atoms with Crippen LogP contribution in [0.4, 0.5) is 11.4 Å². The number of rotatable bonds is 10. The summed E-state index contributed by atoms with van der Waals surface area (Å²) in [5.74, 6) is -2.18. The number of nitrogens with zero attached hydrogens (tertiary/aromatic N) is 3. The van der Waals surface area contributed by atoms with E-state index in [-0.39, 0.29) is 54.6 Å². The SMILES string of the molecule is C=CCc1cc(C2C3=C(CCCC3=O)N(CC(=O)O)C3=C2C(=O)CCC3)cc(OC)c1Oc1ccc([N+](=O)[O-])cc1[N+](=O)[O-]. The van der Waals surface area contributed by atoms with Crippen LogP contribution in [0.5, 0.6) is 17.2 Å². The lowest BCUT2D eigenvalue weighted by atomic mass is 9.70. The Bertz CT molecular complexity index is 1650. The van der Waals surface area contributed by atoms with Crippen LogP contribution in [0.25, 0.3) is 0 Å². The predicted octanol–water partition coefficient (Wildman–Crippen LogP) is 5.53. The Morgan fingerprint density at radius 3 is 2.16 bits per heavy atom. The first kappa shape index (κ1) is 30.1. The number of aliphatic carboxylic acids is 1. The lowest BCUT2D eigenvalue weighted by Gasteiger charge is -2.43. The molecule has 0 radical (unpaired) electrons. The molecule has 0 aromatic heterocycles. The molecule has 2 aliphatic carbocycles. The van der Waals surface area contributed by atoms with E-state index in [1.807, 2.05) is 0 Å². The minimum atomic E-state index is -1.07. The second kappa shape index (κ2) is 12.1. The molecule has 0 amide bonds. The van der Waals surface area contributed by atoms with Crippen molar-refractivity contribution in [3.05, 3.63) is 96.9 Å². The summed E-state index contributed by atoms with van der Waals surface area (Å²) in [7, 11) is 1.37. The zero-order valence-corrected chi connectivity index (χ0v) is 23.9. The maximum absolute atomic E-state index is 13.5. The summed E-state index contributed by atoms with van der Waals surface area (Å²) in [6.07, 6.45) is 4.39. The molecule has 0 unspecified atom stereocenters. The van der Waals surface area contributed by atoms with Gasteiger partial charge in [-0.3, -0.25) is 34.6 Å². The zero-order valence-electron chi connectivity index (χ0n) is 23.9. The monoisotopic (exact) mass is 603 g/mol. The molecule has 1 N–H and O–H groups in total. The summed E-state index contributed by atoms with van der Waals surface area (Å²) in [5.41, 5.74) is 1.91. The molecule has 0 atom stereocenters. The normalized spacial score (nSPS) is 16.8. The van der Waals surface area contributed by atoms with E-state index in [2.05, 4.69) is 6.58 Å². The highest BCUT2D eigenvalue weighted by Crippen LogP contribution is 2.51. The zero-order chi connectivity index (χ0) is 31.7. The number of carbonyl (C=O) groups excluding carboxylic acids is 2. The average Bonchev–Trinajstić information content (AvgIpc) is 2.98. The second-order valence-electron chi connectivity index (χ2n) is 10.7. The Morgan fingerprint density at radius 1 is 1.00 bits per heavy atom. The summed E-state index contributed by atoms with van der Waals surface area (Å²) in [4.78, 5) is 62.0. The maximum atomic E-state index is 13.5. The molecule has 1 aliphatic heterocycles. The molecule has 5 rings (SSSR count). The lowest BCUT2D eigenvalue weighted by Crippen LogP contribution is -2.41. The van der Waals surface area contributed by atoms with Crippen LogP contribution in [0.1, 0.15) is 55.6 Å². The van der Waals surface area contributed by atoms with Crippen molar-refractivity contribution in [1.82, 2.24) is 4.90 Å². The van der Waals surface area contributed by atoms with E-state index in [0.717, 1.165) is 18.2 Å². The molecule has 1 heterocycles. The van der Waals surface area contributed by atoms with E-state index in [1.165, 1.54) is 7.11 Å². The van der Waals surface area contributed by atoms with Crippen molar-refractivity contribution in [2.75, 3.05) is 13.7 Å². The third-order valence-electron chi connectivity index (χ3n) is 8.01. The summed E-state index contributed by atoms with van der Waals surface area (Å²) >= 11 is 0. The number of allylic oxidation sites excluding steroid dienone is 5. The lowest BCUT2D eigenvalue weighted by molar-refractivity contribution is -0.394. The summed E-state index contributed by atoms with van der Waals surface area (Å²) < 4.78 is 11.7. The van der Waals surface area contributed by atoms with Crippen LogP contribution in [-0.2, 0) is 20.8 Å². The highest BCUT2D eigenvalue weighted by Gasteiger charge is 2.44. The van der Waals surface area contributed by atoms with Crippen molar-refractivity contribution in [2.24, 2.45) is 0 Å². The molecular formula is C31H29N3O10. The number of benzene rings is 2. The molecule has 2 aromatic carbocycles. The van der Waals surface area contributed by atoms with Gasteiger partial charge < -0.3 is 19.5 Å². The number of non-ortho nitro benzene ring substituents is 1. The number of carboxylic acid groups (broad SMARTS) is 1. The molecule has 13 heteroatoms. The van der Waals surface area contributed by atoms with Gasteiger partial charge in [-0.2, -0.15) is 0 Å². The largest absolute Gasteiger partial charge is 0.493 e. The van der Waals surface area contributed by atoms with Crippen molar-refractivity contribution in [3.8, 4) is 17.2 Å². The molecule has 44 heavy (non-hydrogen) atoms.